The molecule has 1 saturated heterocycles. The first-order valence-electron chi connectivity index (χ1n) is 10.4. The second-order valence-electron chi connectivity index (χ2n) is 7.57. The van der Waals surface area contributed by atoms with Crippen molar-refractivity contribution < 1.29 is 14.1 Å². The molecule has 1 atom stereocenters. The zero-order valence-electron chi connectivity index (χ0n) is 17.4. The summed E-state index contributed by atoms with van der Waals surface area (Å²) in [5, 5.41) is 9.49. The standard InChI is InChI=1S/C23H25N5O3/c1-2-16-8-10-19(11-9-16)25-23(30)24-13-20-26-22(27-31-20)18-12-21(29)28(15-18)14-17-6-4-3-5-7-17/h3-11,18H,2,12-15H2,1H3,(H2,24,25,30). The summed E-state index contributed by atoms with van der Waals surface area (Å²) in [6.07, 6.45) is 1.30. The van der Waals surface area contributed by atoms with Gasteiger partial charge in [-0.05, 0) is 29.7 Å². The number of hydrogen-bond donors (Lipinski definition) is 2. The van der Waals surface area contributed by atoms with Crippen LogP contribution in [-0.4, -0.2) is 33.5 Å². The topological polar surface area (TPSA) is 100 Å². The van der Waals surface area contributed by atoms with Crippen molar-refractivity contribution in [2.45, 2.75) is 38.8 Å². The SMILES string of the molecule is CCc1ccc(NC(=O)NCc2nc(C3CC(=O)N(Cc4ccccc4)C3)no2)cc1. The second-order valence-corrected chi connectivity index (χ2v) is 7.57. The van der Waals surface area contributed by atoms with Crippen LogP contribution in [0.25, 0.3) is 0 Å². The van der Waals surface area contributed by atoms with E-state index in [0.717, 1.165) is 12.0 Å². The molecule has 0 bridgehead atoms. The fourth-order valence-corrected chi connectivity index (χ4v) is 3.56. The molecule has 2 N–H and O–H groups in total. The summed E-state index contributed by atoms with van der Waals surface area (Å²) in [6, 6.07) is 17.2. The molecule has 1 aliphatic heterocycles. The number of hydrogen-bond acceptors (Lipinski definition) is 5. The highest BCUT2D eigenvalue weighted by molar-refractivity contribution is 5.89. The molecule has 160 valence electrons. The number of aromatic nitrogens is 2. The van der Waals surface area contributed by atoms with Gasteiger partial charge in [0.05, 0.1) is 6.54 Å². The van der Waals surface area contributed by atoms with Crippen molar-refractivity contribution in [2.75, 3.05) is 11.9 Å². The summed E-state index contributed by atoms with van der Waals surface area (Å²) in [5.41, 5.74) is 3.01. The molecule has 0 saturated carbocycles. The van der Waals surface area contributed by atoms with E-state index in [2.05, 4.69) is 27.7 Å². The fraction of sp³-hybridized carbons (Fsp3) is 0.304. The van der Waals surface area contributed by atoms with Crippen molar-refractivity contribution in [1.82, 2.24) is 20.4 Å². The van der Waals surface area contributed by atoms with Crippen LogP contribution in [-0.2, 0) is 24.3 Å². The number of benzene rings is 2. The maximum atomic E-state index is 12.4. The number of nitrogens with zero attached hydrogens (tertiary/aromatic N) is 3. The number of nitrogens with one attached hydrogen (secondary N) is 2. The van der Waals surface area contributed by atoms with Gasteiger partial charge in [-0.25, -0.2) is 4.79 Å². The molecule has 1 fully saturated rings. The summed E-state index contributed by atoms with van der Waals surface area (Å²) in [7, 11) is 0. The average Bonchev–Trinajstić information content (AvgIpc) is 3.40. The number of rotatable bonds is 7. The van der Waals surface area contributed by atoms with Crippen molar-refractivity contribution in [3.05, 3.63) is 77.4 Å². The molecule has 2 aromatic carbocycles. The van der Waals surface area contributed by atoms with Crippen LogP contribution in [0.5, 0.6) is 0 Å². The Morgan fingerprint density at radius 3 is 2.65 bits per heavy atom. The van der Waals surface area contributed by atoms with Gasteiger partial charge in [0.15, 0.2) is 5.82 Å². The lowest BCUT2D eigenvalue weighted by Crippen LogP contribution is -2.28. The number of urea groups is 1. The van der Waals surface area contributed by atoms with Crippen LogP contribution >= 0.6 is 0 Å². The summed E-state index contributed by atoms with van der Waals surface area (Å²) in [6.45, 7) is 3.31. The van der Waals surface area contributed by atoms with E-state index >= 15 is 0 Å². The van der Waals surface area contributed by atoms with Crippen LogP contribution in [0.15, 0.2) is 59.1 Å². The molecule has 0 spiro atoms. The van der Waals surface area contributed by atoms with Gasteiger partial charge in [-0.15, -0.1) is 0 Å². The Hall–Kier alpha value is -3.68. The number of anilines is 1. The molecular weight excluding hydrogens is 394 g/mol. The third-order valence-electron chi connectivity index (χ3n) is 5.30. The minimum atomic E-state index is -0.353. The molecule has 31 heavy (non-hydrogen) atoms. The number of likely N-dealkylation sites (tertiary alicyclic amines) is 1. The van der Waals surface area contributed by atoms with Gasteiger partial charge in [-0.2, -0.15) is 4.98 Å². The Bertz CT molecular complexity index is 1030. The first-order chi connectivity index (χ1) is 15.1. The highest BCUT2D eigenvalue weighted by Crippen LogP contribution is 2.27. The van der Waals surface area contributed by atoms with Gasteiger partial charge in [0.1, 0.15) is 0 Å². The molecule has 0 aliphatic carbocycles. The molecule has 3 aromatic rings. The van der Waals surface area contributed by atoms with E-state index < -0.39 is 0 Å². The molecule has 8 heteroatoms. The van der Waals surface area contributed by atoms with Crippen LogP contribution in [0.3, 0.4) is 0 Å². The zero-order valence-corrected chi connectivity index (χ0v) is 17.4. The van der Waals surface area contributed by atoms with E-state index in [0.29, 0.717) is 36.9 Å². The summed E-state index contributed by atoms with van der Waals surface area (Å²) < 4.78 is 5.26. The lowest BCUT2D eigenvalue weighted by molar-refractivity contribution is -0.128. The van der Waals surface area contributed by atoms with E-state index in [1.807, 2.05) is 59.5 Å². The number of aryl methyl sites for hydroxylation is 1. The quantitative estimate of drug-likeness (QED) is 0.611. The second kappa shape index (κ2) is 9.42. The van der Waals surface area contributed by atoms with Gasteiger partial charge >= 0.3 is 6.03 Å². The van der Waals surface area contributed by atoms with Crippen LogP contribution in [0.4, 0.5) is 10.5 Å². The van der Waals surface area contributed by atoms with E-state index in [-0.39, 0.29) is 24.4 Å². The molecule has 1 aromatic heterocycles. The Morgan fingerprint density at radius 2 is 1.90 bits per heavy atom. The molecule has 8 nitrogen and oxygen atoms in total. The molecule has 1 unspecified atom stereocenters. The van der Waals surface area contributed by atoms with E-state index in [1.165, 1.54) is 5.56 Å². The minimum Gasteiger partial charge on any atom is -0.338 e. The first-order valence-corrected chi connectivity index (χ1v) is 10.4. The zero-order chi connectivity index (χ0) is 21.6. The van der Waals surface area contributed by atoms with Crippen LogP contribution in [0, 0.1) is 0 Å². The predicted octanol–water partition coefficient (Wildman–Crippen LogP) is 3.47. The van der Waals surface area contributed by atoms with Crippen LogP contribution in [0.2, 0.25) is 0 Å². The Morgan fingerprint density at radius 1 is 1.13 bits per heavy atom. The first kappa shape index (κ1) is 20.6. The normalized spacial score (nSPS) is 15.8. The van der Waals surface area contributed by atoms with Crippen molar-refractivity contribution in [3.63, 3.8) is 0 Å². The van der Waals surface area contributed by atoms with Gasteiger partial charge < -0.3 is 20.1 Å². The largest absolute Gasteiger partial charge is 0.338 e. The van der Waals surface area contributed by atoms with Gasteiger partial charge in [0.25, 0.3) is 0 Å². The molecule has 4 rings (SSSR count). The minimum absolute atomic E-state index is 0.0757. The number of carbonyl (C=O) groups is 2. The van der Waals surface area contributed by atoms with Crippen LogP contribution < -0.4 is 10.6 Å². The lowest BCUT2D eigenvalue weighted by atomic mass is 10.1. The van der Waals surface area contributed by atoms with E-state index in [1.54, 1.807) is 0 Å². The van der Waals surface area contributed by atoms with E-state index in [4.69, 9.17) is 4.52 Å². The van der Waals surface area contributed by atoms with Crippen molar-refractivity contribution in [3.8, 4) is 0 Å². The Balaban J connectivity index is 1.28. The highest BCUT2D eigenvalue weighted by atomic mass is 16.5. The molecule has 3 amide bonds. The van der Waals surface area contributed by atoms with E-state index in [9.17, 15) is 9.59 Å². The maximum Gasteiger partial charge on any atom is 0.319 e. The molecule has 2 heterocycles. The number of amides is 3. The van der Waals surface area contributed by atoms with Crippen molar-refractivity contribution in [2.24, 2.45) is 0 Å². The average molecular weight is 419 g/mol. The fourth-order valence-electron chi connectivity index (χ4n) is 3.56. The van der Waals surface area contributed by atoms with Gasteiger partial charge in [-0.1, -0.05) is 54.5 Å². The smallest absolute Gasteiger partial charge is 0.319 e. The Labute approximate surface area is 180 Å². The van der Waals surface area contributed by atoms with Gasteiger partial charge in [0, 0.05) is 31.1 Å². The van der Waals surface area contributed by atoms with Crippen molar-refractivity contribution >= 4 is 17.6 Å². The summed E-state index contributed by atoms with van der Waals surface area (Å²) >= 11 is 0. The predicted molar refractivity (Wildman–Crippen MR) is 115 cm³/mol. The molecule has 1 aliphatic rings. The third-order valence-corrected chi connectivity index (χ3v) is 5.30. The number of carbonyl (C=O) groups excluding carboxylic acids is 2. The van der Waals surface area contributed by atoms with Gasteiger partial charge in [-0.3, -0.25) is 4.79 Å². The summed E-state index contributed by atoms with van der Waals surface area (Å²) in [4.78, 5) is 30.7. The lowest BCUT2D eigenvalue weighted by Gasteiger charge is -2.15. The summed E-state index contributed by atoms with van der Waals surface area (Å²) in [5.74, 6) is 0.767. The third kappa shape index (κ3) is 5.28. The van der Waals surface area contributed by atoms with Crippen molar-refractivity contribution in [1.29, 1.82) is 0 Å². The molecular formula is C23H25N5O3. The van der Waals surface area contributed by atoms with Gasteiger partial charge in [0.2, 0.25) is 11.8 Å². The monoisotopic (exact) mass is 419 g/mol. The maximum absolute atomic E-state index is 12.4. The highest BCUT2D eigenvalue weighted by Gasteiger charge is 2.33. The van der Waals surface area contributed by atoms with Crippen LogP contribution in [0.1, 0.15) is 42.1 Å². The Kier molecular flexibility index (Phi) is 6.26. The molecule has 0 radical (unpaired) electrons.